The van der Waals surface area contributed by atoms with Crippen LogP contribution < -0.4 is 5.32 Å². The maximum Gasteiger partial charge on any atom is 0.212 e. The average molecular weight is 181 g/mol. The number of hydrogen-bond acceptors (Lipinski definition) is 3. The maximum atomic E-state index is 5.70. The van der Waals surface area contributed by atoms with Crippen LogP contribution in [0.4, 0.5) is 0 Å². The van der Waals surface area contributed by atoms with Gasteiger partial charge in [-0.2, -0.15) is 0 Å². The van der Waals surface area contributed by atoms with Crippen LogP contribution in [0.3, 0.4) is 0 Å². The third-order valence-corrected chi connectivity index (χ3v) is 1.87. The van der Waals surface area contributed by atoms with Crippen molar-refractivity contribution in [3.8, 4) is 0 Å². The van der Waals surface area contributed by atoms with E-state index in [1.54, 1.807) is 0 Å². The van der Waals surface area contributed by atoms with Crippen LogP contribution in [0.5, 0.6) is 0 Å². The van der Waals surface area contributed by atoms with Crippen molar-refractivity contribution in [2.45, 2.75) is 19.6 Å². The van der Waals surface area contributed by atoms with Gasteiger partial charge in [0, 0.05) is 0 Å². The zero-order chi connectivity index (χ0) is 9.68. The molecule has 0 amide bonds. The Morgan fingerprint density at radius 3 is 2.69 bits per heavy atom. The molecule has 0 fully saturated rings. The van der Waals surface area contributed by atoms with E-state index in [4.69, 9.17) is 4.74 Å². The van der Waals surface area contributed by atoms with E-state index >= 15 is 0 Å². The third kappa shape index (κ3) is 3.20. The highest BCUT2D eigenvalue weighted by Crippen LogP contribution is 2.11. The van der Waals surface area contributed by atoms with E-state index in [1.165, 1.54) is 0 Å². The molecule has 1 atom stereocenters. The summed E-state index contributed by atoms with van der Waals surface area (Å²) in [7, 11) is 4.02. The van der Waals surface area contributed by atoms with E-state index in [1.807, 2.05) is 38.5 Å². The third-order valence-electron chi connectivity index (χ3n) is 1.87. The fraction of sp³-hybridized carbons (Fsp3) is 0.500. The van der Waals surface area contributed by atoms with Crippen LogP contribution in [0.25, 0.3) is 0 Å². The van der Waals surface area contributed by atoms with Crippen molar-refractivity contribution in [1.29, 1.82) is 0 Å². The van der Waals surface area contributed by atoms with E-state index in [0.29, 0.717) is 0 Å². The fourth-order valence-corrected chi connectivity index (χ4v) is 1.15. The van der Waals surface area contributed by atoms with Crippen molar-refractivity contribution in [2.24, 2.45) is 0 Å². The summed E-state index contributed by atoms with van der Waals surface area (Å²) in [6, 6.07) is 0. The SMILES string of the molecule is CCC(O[C]1C=CC=CN1)N(C)C. The molecule has 1 N–H and O–H groups in total. The summed E-state index contributed by atoms with van der Waals surface area (Å²) in [6.45, 7) is 2.10. The van der Waals surface area contributed by atoms with E-state index in [-0.39, 0.29) is 6.23 Å². The molecule has 1 aliphatic rings. The Morgan fingerprint density at radius 2 is 2.23 bits per heavy atom. The lowest BCUT2D eigenvalue weighted by atomic mass is 10.3. The van der Waals surface area contributed by atoms with Gasteiger partial charge < -0.3 is 10.1 Å². The molecule has 0 spiro atoms. The molecule has 1 heterocycles. The zero-order valence-electron chi connectivity index (χ0n) is 8.45. The molecule has 13 heavy (non-hydrogen) atoms. The van der Waals surface area contributed by atoms with Gasteiger partial charge in [0.25, 0.3) is 0 Å². The molecule has 3 nitrogen and oxygen atoms in total. The fourth-order valence-electron chi connectivity index (χ4n) is 1.15. The molecule has 1 rings (SSSR count). The van der Waals surface area contributed by atoms with Crippen molar-refractivity contribution in [2.75, 3.05) is 14.1 Å². The first kappa shape index (κ1) is 10.3. The van der Waals surface area contributed by atoms with Gasteiger partial charge in [-0.25, -0.2) is 0 Å². The number of ether oxygens (including phenoxy) is 1. The Bertz CT molecular complexity index is 199. The summed E-state index contributed by atoms with van der Waals surface area (Å²) < 4.78 is 5.70. The highest BCUT2D eigenvalue weighted by atomic mass is 16.5. The van der Waals surface area contributed by atoms with Crippen LogP contribution in [0.1, 0.15) is 13.3 Å². The summed E-state index contributed by atoms with van der Waals surface area (Å²) in [5.74, 6) is 0. The first-order valence-electron chi connectivity index (χ1n) is 4.54. The smallest absolute Gasteiger partial charge is 0.212 e. The predicted octanol–water partition coefficient (Wildman–Crippen LogP) is 1.46. The molecule has 1 unspecified atom stereocenters. The minimum absolute atomic E-state index is 0.138. The molecule has 0 aromatic heterocycles. The second-order valence-corrected chi connectivity index (χ2v) is 3.17. The monoisotopic (exact) mass is 181 g/mol. The topological polar surface area (TPSA) is 24.5 Å². The van der Waals surface area contributed by atoms with Gasteiger partial charge in [0.05, 0.1) is 0 Å². The van der Waals surface area contributed by atoms with Crippen molar-refractivity contribution in [3.63, 3.8) is 0 Å². The van der Waals surface area contributed by atoms with Crippen molar-refractivity contribution in [1.82, 2.24) is 10.2 Å². The highest BCUT2D eigenvalue weighted by Gasteiger charge is 2.15. The number of dihydropyridines is 1. The normalized spacial score (nSPS) is 19.1. The number of hydrogen-bond donors (Lipinski definition) is 1. The van der Waals surface area contributed by atoms with Gasteiger partial charge in [-0.05, 0) is 38.9 Å². The lowest BCUT2D eigenvalue weighted by Gasteiger charge is -2.26. The van der Waals surface area contributed by atoms with Crippen molar-refractivity contribution >= 4 is 0 Å². The van der Waals surface area contributed by atoms with Crippen LogP contribution in [-0.2, 0) is 4.74 Å². The summed E-state index contributed by atoms with van der Waals surface area (Å²) in [6.07, 6.45) is 9.58. The second-order valence-electron chi connectivity index (χ2n) is 3.17. The molecular weight excluding hydrogens is 164 g/mol. The Morgan fingerprint density at radius 1 is 1.46 bits per heavy atom. The number of allylic oxidation sites excluding steroid dienone is 2. The lowest BCUT2D eigenvalue weighted by molar-refractivity contribution is -0.0270. The molecule has 73 valence electrons. The first-order valence-corrected chi connectivity index (χ1v) is 4.54. The molecule has 0 bridgehead atoms. The molecule has 0 aliphatic carbocycles. The Kier molecular flexibility index (Phi) is 3.99. The minimum atomic E-state index is 0.138. The predicted molar refractivity (Wildman–Crippen MR) is 53.5 cm³/mol. The first-order chi connectivity index (χ1) is 6.24. The summed E-state index contributed by atoms with van der Waals surface area (Å²) >= 11 is 0. The zero-order valence-corrected chi connectivity index (χ0v) is 8.45. The molecule has 0 saturated heterocycles. The van der Waals surface area contributed by atoms with E-state index < -0.39 is 0 Å². The van der Waals surface area contributed by atoms with E-state index in [2.05, 4.69) is 17.1 Å². The van der Waals surface area contributed by atoms with E-state index in [0.717, 1.165) is 12.6 Å². The van der Waals surface area contributed by atoms with Gasteiger partial charge in [-0.3, -0.25) is 4.90 Å². The Balaban J connectivity index is 2.37. The van der Waals surface area contributed by atoms with Crippen LogP contribution in [-0.4, -0.2) is 25.2 Å². The lowest BCUT2D eigenvalue weighted by Crippen LogP contribution is -2.34. The minimum Gasteiger partial charge on any atom is -0.356 e. The number of nitrogens with one attached hydrogen (secondary N) is 1. The molecule has 3 heteroatoms. The van der Waals surface area contributed by atoms with Gasteiger partial charge in [0.15, 0.2) is 0 Å². The second kappa shape index (κ2) is 5.04. The van der Waals surface area contributed by atoms with Crippen LogP contribution in [0.2, 0.25) is 0 Å². The molecule has 0 saturated carbocycles. The number of rotatable bonds is 4. The molecule has 1 aliphatic heterocycles. The highest BCUT2D eigenvalue weighted by molar-refractivity contribution is 5.17. The van der Waals surface area contributed by atoms with Gasteiger partial charge in [0.2, 0.25) is 6.23 Å². The van der Waals surface area contributed by atoms with Gasteiger partial charge in [-0.15, -0.1) is 0 Å². The maximum absolute atomic E-state index is 5.70. The van der Waals surface area contributed by atoms with Gasteiger partial charge in [-0.1, -0.05) is 13.0 Å². The largest absolute Gasteiger partial charge is 0.356 e. The Labute approximate surface area is 80.1 Å². The Hall–Kier alpha value is -0.800. The summed E-state index contributed by atoms with van der Waals surface area (Å²) in [5.41, 5.74) is 0. The van der Waals surface area contributed by atoms with Crippen LogP contribution >= 0.6 is 0 Å². The van der Waals surface area contributed by atoms with Crippen LogP contribution in [0, 0.1) is 6.23 Å². The van der Waals surface area contributed by atoms with Crippen molar-refractivity contribution < 1.29 is 4.74 Å². The molecule has 0 aromatic carbocycles. The van der Waals surface area contributed by atoms with Gasteiger partial charge >= 0.3 is 0 Å². The molecule has 0 aromatic rings. The molecule has 1 radical (unpaired) electrons. The van der Waals surface area contributed by atoms with Crippen LogP contribution in [0.15, 0.2) is 24.4 Å². The quantitative estimate of drug-likeness (QED) is 0.665. The van der Waals surface area contributed by atoms with Crippen molar-refractivity contribution in [3.05, 3.63) is 30.7 Å². The van der Waals surface area contributed by atoms with E-state index in [9.17, 15) is 0 Å². The standard InChI is InChI=1S/C10H17N2O/c1-4-10(12(2)3)13-9-7-5-6-8-11-9/h5-8,10-11H,4H2,1-3H3. The summed E-state index contributed by atoms with van der Waals surface area (Å²) in [5, 5.41) is 3.04. The molecular formula is C10H17N2O. The average Bonchev–Trinajstić information content (AvgIpc) is 2.15. The summed E-state index contributed by atoms with van der Waals surface area (Å²) in [4.78, 5) is 2.06. The number of nitrogens with zero attached hydrogens (tertiary/aromatic N) is 1. The van der Waals surface area contributed by atoms with Gasteiger partial charge in [0.1, 0.15) is 6.23 Å².